The van der Waals surface area contributed by atoms with Crippen molar-refractivity contribution in [2.75, 3.05) is 0 Å². The van der Waals surface area contributed by atoms with Gasteiger partial charge in [0.1, 0.15) is 0 Å². The Kier molecular flexibility index (Phi) is 2.54. The van der Waals surface area contributed by atoms with Gasteiger partial charge < -0.3 is 14.0 Å². The van der Waals surface area contributed by atoms with Crippen LogP contribution in [0, 0.1) is 17.3 Å². The number of hydrogen-bond acceptors (Lipinski definition) is 3. The zero-order valence-corrected chi connectivity index (χ0v) is 12.4. The largest absolute Gasteiger partial charge is 0.640 e. The standard InChI is InChI=1S/C14H25BO3/c1-12(2,3)17-15-16-11-8-9-7-10(13(9,4)5)14(11,6)18-15/h9-11H,7-8H2,1-6H3/t9-,10-,11+,14-/m0/s1. The Hall–Kier alpha value is -0.0551. The lowest BCUT2D eigenvalue weighted by atomic mass is 9.43. The highest BCUT2D eigenvalue weighted by molar-refractivity contribution is 6.37. The third-order valence-electron chi connectivity index (χ3n) is 5.38. The lowest BCUT2D eigenvalue weighted by molar-refractivity contribution is -0.200. The zero-order valence-electron chi connectivity index (χ0n) is 12.4. The highest BCUT2D eigenvalue weighted by Crippen LogP contribution is 2.65. The summed E-state index contributed by atoms with van der Waals surface area (Å²) in [4.78, 5) is 0. The minimum atomic E-state index is -0.491. The molecule has 0 N–H and O–H groups in total. The summed E-state index contributed by atoms with van der Waals surface area (Å²) in [6.07, 6.45) is 2.61. The molecule has 2 bridgehead atoms. The van der Waals surface area contributed by atoms with Crippen LogP contribution in [0.2, 0.25) is 0 Å². The summed E-state index contributed by atoms with van der Waals surface area (Å²) in [5.41, 5.74) is 0.00634. The molecule has 18 heavy (non-hydrogen) atoms. The molecule has 0 radical (unpaired) electrons. The fourth-order valence-electron chi connectivity index (χ4n) is 4.16. The van der Waals surface area contributed by atoms with E-state index in [0.29, 0.717) is 11.3 Å². The fraction of sp³-hybridized carbons (Fsp3) is 1.00. The second-order valence-electron chi connectivity index (χ2n) is 7.99. The Bertz CT molecular complexity index is 363. The van der Waals surface area contributed by atoms with E-state index in [1.165, 1.54) is 6.42 Å². The molecule has 4 atom stereocenters. The molecule has 1 saturated heterocycles. The molecule has 1 heterocycles. The third kappa shape index (κ3) is 1.69. The summed E-state index contributed by atoms with van der Waals surface area (Å²) in [5.74, 6) is 1.39. The monoisotopic (exact) mass is 252 g/mol. The number of hydrogen-bond donors (Lipinski definition) is 0. The van der Waals surface area contributed by atoms with Gasteiger partial charge in [-0.3, -0.25) is 0 Å². The van der Waals surface area contributed by atoms with Crippen LogP contribution >= 0.6 is 0 Å². The van der Waals surface area contributed by atoms with E-state index in [4.69, 9.17) is 14.0 Å². The van der Waals surface area contributed by atoms with E-state index in [9.17, 15) is 0 Å². The topological polar surface area (TPSA) is 27.7 Å². The fourth-order valence-corrected chi connectivity index (χ4v) is 4.16. The van der Waals surface area contributed by atoms with Crippen molar-refractivity contribution in [3.63, 3.8) is 0 Å². The van der Waals surface area contributed by atoms with E-state index < -0.39 is 7.32 Å². The zero-order chi connectivity index (χ0) is 13.3. The van der Waals surface area contributed by atoms with Crippen molar-refractivity contribution in [2.24, 2.45) is 17.3 Å². The molecule has 4 fully saturated rings. The van der Waals surface area contributed by atoms with Gasteiger partial charge in [-0.25, -0.2) is 0 Å². The predicted octanol–water partition coefficient (Wildman–Crippen LogP) is 3.03. The van der Waals surface area contributed by atoms with E-state index >= 15 is 0 Å². The van der Waals surface area contributed by atoms with Crippen molar-refractivity contribution in [3.8, 4) is 0 Å². The molecule has 3 saturated carbocycles. The van der Waals surface area contributed by atoms with Crippen molar-refractivity contribution in [3.05, 3.63) is 0 Å². The van der Waals surface area contributed by atoms with E-state index in [1.807, 2.05) is 20.8 Å². The van der Waals surface area contributed by atoms with Crippen LogP contribution < -0.4 is 0 Å². The molecule has 3 aliphatic carbocycles. The first kappa shape index (κ1) is 13.0. The maximum Gasteiger partial charge on any atom is 0.640 e. The van der Waals surface area contributed by atoms with Gasteiger partial charge in [-0.05, 0) is 57.8 Å². The van der Waals surface area contributed by atoms with E-state index in [0.717, 1.165) is 12.3 Å². The molecule has 4 rings (SSSR count). The first-order valence-electron chi connectivity index (χ1n) is 7.14. The quantitative estimate of drug-likeness (QED) is 0.671. The average Bonchev–Trinajstić information content (AvgIpc) is 2.49. The molecule has 0 aromatic rings. The molecule has 0 aromatic heterocycles. The molecule has 1 aliphatic heterocycles. The summed E-state index contributed by atoms with van der Waals surface area (Å²) in [5, 5.41) is 0. The second-order valence-corrected chi connectivity index (χ2v) is 7.99. The summed E-state index contributed by atoms with van der Waals surface area (Å²) in [6.45, 7) is 13.1. The minimum Gasteiger partial charge on any atom is -0.381 e. The van der Waals surface area contributed by atoms with Gasteiger partial charge in [-0.1, -0.05) is 13.8 Å². The Balaban J connectivity index is 1.77. The molecular formula is C14H25BO3. The summed E-state index contributed by atoms with van der Waals surface area (Å²) in [6, 6.07) is 0. The van der Waals surface area contributed by atoms with Gasteiger partial charge >= 0.3 is 7.32 Å². The van der Waals surface area contributed by atoms with Crippen LogP contribution in [0.3, 0.4) is 0 Å². The van der Waals surface area contributed by atoms with E-state index in [1.54, 1.807) is 0 Å². The molecule has 0 aromatic carbocycles. The highest BCUT2D eigenvalue weighted by Gasteiger charge is 2.68. The van der Waals surface area contributed by atoms with Crippen LogP contribution in [0.25, 0.3) is 0 Å². The predicted molar refractivity (Wildman–Crippen MR) is 71.0 cm³/mol. The van der Waals surface area contributed by atoms with Gasteiger partial charge in [0, 0.05) is 5.60 Å². The van der Waals surface area contributed by atoms with Crippen LogP contribution in [0.5, 0.6) is 0 Å². The Labute approximate surface area is 111 Å². The van der Waals surface area contributed by atoms with Gasteiger partial charge in [-0.15, -0.1) is 0 Å². The van der Waals surface area contributed by atoms with Crippen molar-refractivity contribution >= 4 is 7.32 Å². The summed E-state index contributed by atoms with van der Waals surface area (Å²) >= 11 is 0. The number of rotatable bonds is 1. The molecule has 0 unspecified atom stereocenters. The first-order valence-corrected chi connectivity index (χ1v) is 7.14. The molecule has 0 spiro atoms. The third-order valence-corrected chi connectivity index (χ3v) is 5.38. The molecule has 4 aliphatic rings. The van der Waals surface area contributed by atoms with E-state index in [-0.39, 0.29) is 17.3 Å². The van der Waals surface area contributed by atoms with Crippen LogP contribution in [0.15, 0.2) is 0 Å². The Morgan fingerprint density at radius 2 is 1.83 bits per heavy atom. The van der Waals surface area contributed by atoms with Gasteiger partial charge in [0.2, 0.25) is 0 Å². The lowest BCUT2D eigenvalue weighted by Crippen LogP contribution is -2.65. The van der Waals surface area contributed by atoms with Gasteiger partial charge in [0.05, 0.1) is 11.7 Å². The first-order chi connectivity index (χ1) is 8.13. The SMILES string of the molecule is CC(C)(C)OB1O[C@@H]2C[C@@H]3C[C@@H](C3(C)C)[C@]2(C)O1. The van der Waals surface area contributed by atoms with Crippen molar-refractivity contribution in [2.45, 2.75) is 71.7 Å². The molecule has 102 valence electrons. The van der Waals surface area contributed by atoms with Crippen LogP contribution in [0.1, 0.15) is 54.4 Å². The normalized spacial score (nSPS) is 45.7. The molecule has 4 heteroatoms. The van der Waals surface area contributed by atoms with Crippen LogP contribution in [0.4, 0.5) is 0 Å². The average molecular weight is 252 g/mol. The lowest BCUT2D eigenvalue weighted by Gasteiger charge is -2.64. The van der Waals surface area contributed by atoms with Crippen molar-refractivity contribution < 1.29 is 14.0 Å². The molecule has 0 amide bonds. The Morgan fingerprint density at radius 1 is 1.17 bits per heavy atom. The van der Waals surface area contributed by atoms with Crippen molar-refractivity contribution in [1.82, 2.24) is 0 Å². The summed E-state index contributed by atoms with van der Waals surface area (Å²) < 4.78 is 18.0. The maximum atomic E-state index is 6.17. The molecule has 3 nitrogen and oxygen atoms in total. The van der Waals surface area contributed by atoms with Crippen LogP contribution in [-0.4, -0.2) is 24.6 Å². The molecular weight excluding hydrogens is 227 g/mol. The van der Waals surface area contributed by atoms with Gasteiger partial charge in [0.15, 0.2) is 0 Å². The highest BCUT2D eigenvalue weighted by atomic mass is 16.8. The minimum absolute atomic E-state index is 0.159. The summed E-state index contributed by atoms with van der Waals surface area (Å²) in [7, 11) is -0.491. The van der Waals surface area contributed by atoms with Crippen LogP contribution in [-0.2, 0) is 14.0 Å². The van der Waals surface area contributed by atoms with Gasteiger partial charge in [-0.2, -0.15) is 0 Å². The van der Waals surface area contributed by atoms with Crippen molar-refractivity contribution in [1.29, 1.82) is 0 Å². The smallest absolute Gasteiger partial charge is 0.381 e. The Morgan fingerprint density at radius 3 is 2.39 bits per heavy atom. The second kappa shape index (κ2) is 3.53. The van der Waals surface area contributed by atoms with E-state index in [2.05, 4.69) is 20.8 Å². The maximum absolute atomic E-state index is 6.17. The van der Waals surface area contributed by atoms with Gasteiger partial charge in [0.25, 0.3) is 0 Å².